The maximum absolute atomic E-state index is 11.7. The molecule has 6 heteroatoms. The van der Waals surface area contributed by atoms with Gasteiger partial charge in [0, 0.05) is 6.42 Å². The molecular weight excluding hydrogens is 224 g/mol. The number of ketones is 1. The molecule has 0 saturated heterocycles. The smallest absolute Gasteiger partial charge is 0.240 e. The quantitative estimate of drug-likeness (QED) is 0.470. The number of rotatable bonds is 9. The normalized spacial score (nSPS) is 13.6. The molecule has 2 atom stereocenters. The predicted molar refractivity (Wildman–Crippen MR) is 62.2 cm³/mol. The molecule has 0 heterocycles. The van der Waals surface area contributed by atoms with Gasteiger partial charge in [0.25, 0.3) is 0 Å². The van der Waals surface area contributed by atoms with Gasteiger partial charge in [0.15, 0.2) is 5.78 Å². The molecule has 98 valence electrons. The molecule has 0 aliphatic heterocycles. The van der Waals surface area contributed by atoms with E-state index in [-0.39, 0.29) is 12.3 Å². The van der Waals surface area contributed by atoms with Crippen molar-refractivity contribution in [1.29, 1.82) is 0 Å². The Morgan fingerprint density at radius 1 is 1.41 bits per heavy atom. The van der Waals surface area contributed by atoms with E-state index < -0.39 is 18.1 Å². The molecule has 0 aliphatic carbocycles. The highest BCUT2D eigenvalue weighted by atomic mass is 16.3. The van der Waals surface area contributed by atoms with Crippen molar-refractivity contribution in [3.8, 4) is 0 Å². The van der Waals surface area contributed by atoms with Gasteiger partial charge >= 0.3 is 0 Å². The summed E-state index contributed by atoms with van der Waals surface area (Å²) in [6.07, 6.45) is 1.38. The molecule has 2 amide bonds. The second-order valence-electron chi connectivity index (χ2n) is 3.85. The molecule has 0 aromatic heterocycles. The number of aliphatic hydroxyl groups is 1. The average molecular weight is 244 g/mol. The lowest BCUT2D eigenvalue weighted by Gasteiger charge is -2.20. The molecule has 0 radical (unpaired) electrons. The van der Waals surface area contributed by atoms with E-state index in [9.17, 15) is 19.5 Å². The van der Waals surface area contributed by atoms with Crippen LogP contribution in [0.5, 0.6) is 0 Å². The van der Waals surface area contributed by atoms with Crippen LogP contribution in [0.15, 0.2) is 0 Å². The SMILES string of the molecule is CCCCC(=O)C(NC(=O)CNC=O)C(C)O. The largest absolute Gasteiger partial charge is 0.391 e. The Balaban J connectivity index is 4.27. The Hall–Kier alpha value is -1.43. The van der Waals surface area contributed by atoms with Crippen molar-refractivity contribution >= 4 is 18.1 Å². The Bertz CT molecular complexity index is 266. The van der Waals surface area contributed by atoms with Crippen LogP contribution < -0.4 is 10.6 Å². The van der Waals surface area contributed by atoms with Gasteiger partial charge in [-0.25, -0.2) is 0 Å². The Morgan fingerprint density at radius 2 is 2.06 bits per heavy atom. The summed E-state index contributed by atoms with van der Waals surface area (Å²) < 4.78 is 0. The fourth-order valence-corrected chi connectivity index (χ4v) is 1.34. The van der Waals surface area contributed by atoms with E-state index in [0.717, 1.165) is 12.8 Å². The van der Waals surface area contributed by atoms with Gasteiger partial charge in [-0.3, -0.25) is 14.4 Å². The summed E-state index contributed by atoms with van der Waals surface area (Å²) in [4.78, 5) is 33.0. The molecule has 2 unspecified atom stereocenters. The minimum atomic E-state index is -0.945. The average Bonchev–Trinajstić information content (AvgIpc) is 2.29. The molecule has 0 fully saturated rings. The van der Waals surface area contributed by atoms with Crippen LogP contribution in [0.2, 0.25) is 0 Å². The van der Waals surface area contributed by atoms with Crippen molar-refractivity contribution in [2.45, 2.75) is 45.3 Å². The highest BCUT2D eigenvalue weighted by Crippen LogP contribution is 2.03. The van der Waals surface area contributed by atoms with Gasteiger partial charge in [-0.05, 0) is 13.3 Å². The van der Waals surface area contributed by atoms with Crippen LogP contribution in [0.1, 0.15) is 33.1 Å². The minimum Gasteiger partial charge on any atom is -0.391 e. The van der Waals surface area contributed by atoms with Crippen LogP contribution in [0.25, 0.3) is 0 Å². The van der Waals surface area contributed by atoms with E-state index >= 15 is 0 Å². The zero-order valence-electron chi connectivity index (χ0n) is 10.2. The molecule has 0 bridgehead atoms. The number of carbonyl (C=O) groups is 3. The van der Waals surface area contributed by atoms with E-state index in [0.29, 0.717) is 12.8 Å². The summed E-state index contributed by atoms with van der Waals surface area (Å²) >= 11 is 0. The topological polar surface area (TPSA) is 95.5 Å². The number of aliphatic hydroxyl groups excluding tert-OH is 1. The third kappa shape index (κ3) is 6.68. The van der Waals surface area contributed by atoms with Gasteiger partial charge in [-0.2, -0.15) is 0 Å². The number of carbonyl (C=O) groups excluding carboxylic acids is 3. The maximum Gasteiger partial charge on any atom is 0.240 e. The van der Waals surface area contributed by atoms with E-state index in [4.69, 9.17) is 0 Å². The van der Waals surface area contributed by atoms with E-state index in [1.54, 1.807) is 0 Å². The van der Waals surface area contributed by atoms with Crippen LogP contribution >= 0.6 is 0 Å². The second-order valence-corrected chi connectivity index (χ2v) is 3.85. The summed E-state index contributed by atoms with van der Waals surface area (Å²) in [5.74, 6) is -0.686. The van der Waals surface area contributed by atoms with Crippen molar-refractivity contribution in [2.24, 2.45) is 0 Å². The number of nitrogens with one attached hydrogen (secondary N) is 2. The minimum absolute atomic E-state index is 0.193. The molecule has 0 aromatic rings. The molecule has 0 saturated carbocycles. The first-order chi connectivity index (χ1) is 8.02. The monoisotopic (exact) mass is 244 g/mol. The zero-order chi connectivity index (χ0) is 13.3. The van der Waals surface area contributed by atoms with Crippen molar-refractivity contribution in [2.75, 3.05) is 6.54 Å². The lowest BCUT2D eigenvalue weighted by Crippen LogP contribution is -2.49. The molecule has 3 N–H and O–H groups in total. The Kier molecular flexibility index (Phi) is 7.96. The number of unbranched alkanes of at least 4 members (excludes halogenated alkanes) is 1. The van der Waals surface area contributed by atoms with E-state index in [2.05, 4.69) is 10.6 Å². The van der Waals surface area contributed by atoms with Crippen molar-refractivity contribution in [3.05, 3.63) is 0 Å². The maximum atomic E-state index is 11.7. The molecule has 0 spiro atoms. The summed E-state index contributed by atoms with van der Waals surface area (Å²) in [5, 5.41) is 14.0. The number of Topliss-reactive ketones (excluding diaryl/α,β-unsaturated/α-hetero) is 1. The first-order valence-corrected chi connectivity index (χ1v) is 5.70. The van der Waals surface area contributed by atoms with Crippen molar-refractivity contribution in [1.82, 2.24) is 10.6 Å². The first kappa shape index (κ1) is 15.6. The van der Waals surface area contributed by atoms with Crippen molar-refractivity contribution in [3.63, 3.8) is 0 Å². The standard InChI is InChI=1S/C11H20N2O4/c1-3-4-5-9(16)11(8(2)15)13-10(17)6-12-7-14/h7-8,11,15H,3-6H2,1-2H3,(H,12,14)(H,13,17). The Morgan fingerprint density at radius 3 is 2.53 bits per heavy atom. The second kappa shape index (κ2) is 8.69. The third-order valence-electron chi connectivity index (χ3n) is 2.27. The number of amides is 2. The summed E-state index contributed by atoms with van der Waals surface area (Å²) in [7, 11) is 0. The molecule has 6 nitrogen and oxygen atoms in total. The summed E-state index contributed by atoms with van der Waals surface area (Å²) in [6.45, 7) is 3.20. The van der Waals surface area contributed by atoms with Crippen LogP contribution in [-0.2, 0) is 14.4 Å². The highest BCUT2D eigenvalue weighted by Gasteiger charge is 2.24. The fourth-order valence-electron chi connectivity index (χ4n) is 1.34. The molecule has 17 heavy (non-hydrogen) atoms. The number of hydrogen-bond donors (Lipinski definition) is 3. The number of hydrogen-bond acceptors (Lipinski definition) is 4. The predicted octanol–water partition coefficient (Wildman–Crippen LogP) is -0.643. The molecular formula is C11H20N2O4. The lowest BCUT2D eigenvalue weighted by molar-refractivity contribution is -0.130. The lowest BCUT2D eigenvalue weighted by atomic mass is 10.0. The van der Waals surface area contributed by atoms with Gasteiger partial charge in [0.2, 0.25) is 12.3 Å². The van der Waals surface area contributed by atoms with Crippen LogP contribution in [0, 0.1) is 0 Å². The van der Waals surface area contributed by atoms with Gasteiger partial charge in [-0.1, -0.05) is 13.3 Å². The molecule has 0 aliphatic rings. The van der Waals surface area contributed by atoms with Crippen LogP contribution in [0.4, 0.5) is 0 Å². The zero-order valence-corrected chi connectivity index (χ0v) is 10.2. The summed E-state index contributed by atoms with van der Waals surface area (Å²) in [6, 6.07) is -0.900. The van der Waals surface area contributed by atoms with Gasteiger partial charge in [-0.15, -0.1) is 0 Å². The van der Waals surface area contributed by atoms with Crippen LogP contribution in [-0.4, -0.2) is 41.9 Å². The van der Waals surface area contributed by atoms with Gasteiger partial charge in [0.05, 0.1) is 12.6 Å². The van der Waals surface area contributed by atoms with Crippen molar-refractivity contribution < 1.29 is 19.5 Å². The van der Waals surface area contributed by atoms with Crippen LogP contribution in [0.3, 0.4) is 0 Å². The highest BCUT2D eigenvalue weighted by molar-refractivity contribution is 5.90. The van der Waals surface area contributed by atoms with Gasteiger partial charge in [0.1, 0.15) is 6.04 Å². The Labute approximate surface area is 101 Å². The molecule has 0 aromatic carbocycles. The molecule has 0 rings (SSSR count). The third-order valence-corrected chi connectivity index (χ3v) is 2.27. The van der Waals surface area contributed by atoms with Gasteiger partial charge < -0.3 is 15.7 Å². The first-order valence-electron chi connectivity index (χ1n) is 5.70. The van der Waals surface area contributed by atoms with E-state index in [1.165, 1.54) is 6.92 Å². The summed E-state index contributed by atoms with van der Waals surface area (Å²) in [5.41, 5.74) is 0. The van der Waals surface area contributed by atoms with E-state index in [1.807, 2.05) is 6.92 Å². The fraction of sp³-hybridized carbons (Fsp3) is 0.727.